The molecule has 0 radical (unpaired) electrons. The first-order chi connectivity index (χ1) is 21.4. The van der Waals surface area contributed by atoms with Crippen molar-refractivity contribution in [1.82, 2.24) is 19.8 Å². The molecule has 1 saturated heterocycles. The highest BCUT2D eigenvalue weighted by Crippen LogP contribution is 2.33. The van der Waals surface area contributed by atoms with E-state index in [1.165, 1.54) is 10.6 Å². The SMILES string of the molecule is CCOC(=O)CN(c1nc(Nc2ccc(N3CCN(C)CC3)cc2)ncc1CN1C(=O)c2ccccc2C1=O)C1CCCC1. The predicted molar refractivity (Wildman–Crippen MR) is 168 cm³/mol. The average Bonchev–Trinajstić information content (AvgIpc) is 3.65. The Morgan fingerprint density at radius 1 is 0.977 bits per heavy atom. The minimum atomic E-state index is -0.350. The summed E-state index contributed by atoms with van der Waals surface area (Å²) in [5.41, 5.74) is 3.37. The van der Waals surface area contributed by atoms with Crippen LogP contribution in [0, 0.1) is 0 Å². The van der Waals surface area contributed by atoms with Gasteiger partial charge in [-0.2, -0.15) is 4.98 Å². The largest absolute Gasteiger partial charge is 0.465 e. The molecule has 0 atom stereocenters. The van der Waals surface area contributed by atoms with E-state index in [4.69, 9.17) is 9.72 Å². The van der Waals surface area contributed by atoms with Crippen molar-refractivity contribution in [2.24, 2.45) is 0 Å². The molecule has 0 spiro atoms. The molecule has 11 heteroatoms. The maximum absolute atomic E-state index is 13.2. The van der Waals surface area contributed by atoms with Crippen LogP contribution in [0.25, 0.3) is 0 Å². The molecule has 1 aromatic heterocycles. The number of likely N-dealkylation sites (N-methyl/N-ethyl adjacent to an activating group) is 1. The molecule has 11 nitrogen and oxygen atoms in total. The number of nitrogens with one attached hydrogen (secondary N) is 1. The van der Waals surface area contributed by atoms with E-state index in [9.17, 15) is 14.4 Å². The first kappa shape index (κ1) is 29.6. The molecule has 2 fully saturated rings. The molecule has 1 saturated carbocycles. The van der Waals surface area contributed by atoms with E-state index in [0.29, 0.717) is 28.5 Å². The van der Waals surface area contributed by atoms with Gasteiger partial charge < -0.3 is 24.8 Å². The summed E-state index contributed by atoms with van der Waals surface area (Å²) in [6, 6.07) is 15.1. The number of anilines is 4. The highest BCUT2D eigenvalue weighted by molar-refractivity contribution is 6.21. The Labute approximate surface area is 257 Å². The number of ether oxygens (including phenoxy) is 1. The lowest BCUT2D eigenvalue weighted by Crippen LogP contribution is -2.44. The molecular formula is C33H39N7O4. The van der Waals surface area contributed by atoms with E-state index >= 15 is 0 Å². The van der Waals surface area contributed by atoms with Crippen LogP contribution in [0.15, 0.2) is 54.7 Å². The van der Waals surface area contributed by atoms with E-state index in [2.05, 4.69) is 39.3 Å². The van der Waals surface area contributed by atoms with E-state index in [1.807, 2.05) is 17.0 Å². The Hall–Kier alpha value is -4.51. The maximum Gasteiger partial charge on any atom is 0.325 e. The molecule has 44 heavy (non-hydrogen) atoms. The van der Waals surface area contributed by atoms with Crippen LogP contribution >= 0.6 is 0 Å². The fraction of sp³-hybridized carbons (Fsp3) is 0.424. The topological polar surface area (TPSA) is 111 Å². The van der Waals surface area contributed by atoms with Crippen LogP contribution in [0.4, 0.5) is 23.1 Å². The first-order valence-electron chi connectivity index (χ1n) is 15.4. The molecule has 0 bridgehead atoms. The van der Waals surface area contributed by atoms with Gasteiger partial charge in [0.1, 0.15) is 12.4 Å². The lowest BCUT2D eigenvalue weighted by molar-refractivity contribution is -0.141. The summed E-state index contributed by atoms with van der Waals surface area (Å²) in [4.78, 5) is 56.7. The molecular weight excluding hydrogens is 558 g/mol. The van der Waals surface area contributed by atoms with E-state index in [1.54, 1.807) is 37.4 Å². The summed E-state index contributed by atoms with van der Waals surface area (Å²) in [6.45, 7) is 6.12. The third-order valence-corrected chi connectivity index (χ3v) is 8.68. The number of nitrogens with zero attached hydrogens (tertiary/aromatic N) is 6. The van der Waals surface area contributed by atoms with Gasteiger partial charge in [0, 0.05) is 55.4 Å². The number of imide groups is 1. The van der Waals surface area contributed by atoms with Crippen LogP contribution in [0.5, 0.6) is 0 Å². The summed E-state index contributed by atoms with van der Waals surface area (Å²) in [5.74, 6) is -0.161. The normalized spacial score (nSPS) is 17.2. The lowest BCUT2D eigenvalue weighted by atomic mass is 10.1. The number of rotatable bonds is 10. The molecule has 2 aromatic carbocycles. The third kappa shape index (κ3) is 6.23. The van der Waals surface area contributed by atoms with Crippen molar-refractivity contribution < 1.29 is 19.1 Å². The summed E-state index contributed by atoms with van der Waals surface area (Å²) in [7, 11) is 2.14. The summed E-state index contributed by atoms with van der Waals surface area (Å²) >= 11 is 0. The summed E-state index contributed by atoms with van der Waals surface area (Å²) in [6.07, 6.45) is 5.57. The van der Waals surface area contributed by atoms with Gasteiger partial charge in [-0.05, 0) is 63.2 Å². The van der Waals surface area contributed by atoms with Gasteiger partial charge >= 0.3 is 5.97 Å². The minimum absolute atomic E-state index is 0.00622. The average molecular weight is 598 g/mol. The number of aromatic nitrogens is 2. The Bertz CT molecular complexity index is 1480. The molecule has 3 heterocycles. The quantitative estimate of drug-likeness (QED) is 0.271. The molecule has 230 valence electrons. The zero-order chi connectivity index (χ0) is 30.6. The second-order valence-electron chi connectivity index (χ2n) is 11.6. The second-order valence-corrected chi connectivity index (χ2v) is 11.6. The Balaban J connectivity index is 1.30. The maximum atomic E-state index is 13.2. The first-order valence-corrected chi connectivity index (χ1v) is 15.4. The van der Waals surface area contributed by atoms with Crippen molar-refractivity contribution in [1.29, 1.82) is 0 Å². The molecule has 2 aliphatic heterocycles. The van der Waals surface area contributed by atoms with Crippen molar-refractivity contribution >= 4 is 40.9 Å². The molecule has 1 N–H and O–H groups in total. The van der Waals surface area contributed by atoms with Gasteiger partial charge in [0.15, 0.2) is 0 Å². The van der Waals surface area contributed by atoms with Crippen LogP contribution in [-0.4, -0.2) is 90.0 Å². The number of hydrogen-bond donors (Lipinski definition) is 1. The smallest absolute Gasteiger partial charge is 0.325 e. The van der Waals surface area contributed by atoms with Crippen LogP contribution in [0.1, 0.15) is 58.9 Å². The number of amides is 2. The Morgan fingerprint density at radius 3 is 2.27 bits per heavy atom. The molecule has 6 rings (SSSR count). The van der Waals surface area contributed by atoms with Crippen LogP contribution < -0.4 is 15.1 Å². The molecule has 3 aliphatic rings. The Kier molecular flexibility index (Phi) is 8.74. The monoisotopic (exact) mass is 597 g/mol. The van der Waals surface area contributed by atoms with Crippen molar-refractivity contribution in [3.8, 4) is 0 Å². The molecule has 0 unspecified atom stereocenters. The number of carbonyl (C=O) groups is 3. The van der Waals surface area contributed by atoms with Crippen LogP contribution in [0.2, 0.25) is 0 Å². The van der Waals surface area contributed by atoms with Gasteiger partial charge in [0.05, 0.1) is 24.3 Å². The van der Waals surface area contributed by atoms with E-state index in [-0.39, 0.29) is 43.5 Å². The van der Waals surface area contributed by atoms with Gasteiger partial charge in [-0.25, -0.2) is 4.98 Å². The van der Waals surface area contributed by atoms with Gasteiger partial charge in [0.25, 0.3) is 11.8 Å². The number of piperazine rings is 1. The number of carbonyl (C=O) groups excluding carboxylic acids is 3. The standard InChI is InChI=1S/C33H39N7O4/c1-3-44-29(41)22-39(26-8-4-5-9-26)30-23(21-40-31(42)27-10-6-7-11-28(27)32(40)43)20-34-33(36-30)35-24-12-14-25(15-13-24)38-18-16-37(2)17-19-38/h6-7,10-15,20,26H,3-5,8-9,16-19,21-22H2,1-2H3,(H,34,35,36). The molecule has 1 aliphatic carbocycles. The van der Waals surface area contributed by atoms with Crippen molar-refractivity contribution in [3.63, 3.8) is 0 Å². The molecule has 2 amide bonds. The van der Waals surface area contributed by atoms with Crippen molar-refractivity contribution in [3.05, 3.63) is 71.4 Å². The second kappa shape index (κ2) is 13.0. The van der Waals surface area contributed by atoms with Gasteiger partial charge in [-0.3, -0.25) is 19.3 Å². The number of esters is 1. The summed E-state index contributed by atoms with van der Waals surface area (Å²) in [5, 5.41) is 3.32. The number of hydrogen-bond acceptors (Lipinski definition) is 10. The number of fused-ring (bicyclic) bond motifs is 1. The minimum Gasteiger partial charge on any atom is -0.465 e. The zero-order valence-corrected chi connectivity index (χ0v) is 25.4. The predicted octanol–water partition coefficient (Wildman–Crippen LogP) is 4.08. The van der Waals surface area contributed by atoms with Gasteiger partial charge in [-0.15, -0.1) is 0 Å². The third-order valence-electron chi connectivity index (χ3n) is 8.68. The number of benzene rings is 2. The van der Waals surface area contributed by atoms with Gasteiger partial charge in [0.2, 0.25) is 5.95 Å². The highest BCUT2D eigenvalue weighted by Gasteiger charge is 2.37. The fourth-order valence-electron chi connectivity index (χ4n) is 6.26. The van der Waals surface area contributed by atoms with E-state index in [0.717, 1.165) is 57.5 Å². The zero-order valence-electron chi connectivity index (χ0n) is 25.4. The fourth-order valence-corrected chi connectivity index (χ4v) is 6.26. The van der Waals surface area contributed by atoms with Gasteiger partial charge in [-0.1, -0.05) is 25.0 Å². The Morgan fingerprint density at radius 2 is 1.64 bits per heavy atom. The van der Waals surface area contributed by atoms with E-state index < -0.39 is 0 Å². The molecule has 3 aromatic rings. The van der Waals surface area contributed by atoms with Crippen LogP contribution in [0.3, 0.4) is 0 Å². The highest BCUT2D eigenvalue weighted by atomic mass is 16.5. The van der Waals surface area contributed by atoms with Crippen LogP contribution in [-0.2, 0) is 16.1 Å². The lowest BCUT2D eigenvalue weighted by Gasteiger charge is -2.34. The van der Waals surface area contributed by atoms with Crippen molar-refractivity contribution in [2.75, 3.05) is 61.5 Å². The van der Waals surface area contributed by atoms with Crippen molar-refractivity contribution in [2.45, 2.75) is 45.2 Å². The summed E-state index contributed by atoms with van der Waals surface area (Å²) < 4.78 is 5.33.